The Morgan fingerprint density at radius 2 is 1.87 bits per heavy atom. The lowest BCUT2D eigenvalue weighted by Crippen LogP contribution is -2.38. The second-order valence-corrected chi connectivity index (χ2v) is 4.30. The molecule has 1 amide bonds. The molecular formula is C10H22N2O3. The molecule has 0 bridgehead atoms. The van der Waals surface area contributed by atoms with Crippen LogP contribution in [0.4, 0.5) is 0 Å². The van der Waals surface area contributed by atoms with Crippen molar-refractivity contribution in [2.75, 3.05) is 32.9 Å². The lowest BCUT2D eigenvalue weighted by Gasteiger charge is -2.20. The van der Waals surface area contributed by atoms with Crippen LogP contribution in [0.15, 0.2) is 0 Å². The van der Waals surface area contributed by atoms with Crippen LogP contribution in [0.25, 0.3) is 0 Å². The van der Waals surface area contributed by atoms with E-state index in [0.717, 1.165) is 6.54 Å². The van der Waals surface area contributed by atoms with Gasteiger partial charge in [0.2, 0.25) is 5.91 Å². The maximum atomic E-state index is 10.6. The lowest BCUT2D eigenvalue weighted by molar-refractivity contribution is -0.124. The van der Waals surface area contributed by atoms with Gasteiger partial charge in [-0.15, -0.1) is 0 Å². The van der Waals surface area contributed by atoms with Gasteiger partial charge in [-0.1, -0.05) is 0 Å². The molecule has 0 radical (unpaired) electrons. The molecule has 0 saturated heterocycles. The Morgan fingerprint density at radius 3 is 2.40 bits per heavy atom. The van der Waals surface area contributed by atoms with Gasteiger partial charge in [-0.25, -0.2) is 0 Å². The van der Waals surface area contributed by atoms with E-state index < -0.39 is 6.61 Å². The maximum Gasteiger partial charge on any atom is 0.245 e. The van der Waals surface area contributed by atoms with Gasteiger partial charge in [-0.05, 0) is 20.8 Å². The summed E-state index contributed by atoms with van der Waals surface area (Å²) in [6.07, 6.45) is 0. The first-order valence-corrected chi connectivity index (χ1v) is 5.16. The summed E-state index contributed by atoms with van der Waals surface area (Å²) in [4.78, 5) is 10.6. The number of amides is 1. The van der Waals surface area contributed by atoms with E-state index in [1.807, 2.05) is 0 Å². The van der Waals surface area contributed by atoms with E-state index in [2.05, 4.69) is 31.4 Å². The molecule has 0 fully saturated rings. The third kappa shape index (κ3) is 11.3. The molecular weight excluding hydrogens is 196 g/mol. The minimum atomic E-state index is -0.467. The van der Waals surface area contributed by atoms with Crippen molar-refractivity contribution in [2.45, 2.75) is 26.3 Å². The largest absolute Gasteiger partial charge is 0.387 e. The van der Waals surface area contributed by atoms with E-state index in [-0.39, 0.29) is 11.4 Å². The van der Waals surface area contributed by atoms with E-state index in [9.17, 15) is 4.79 Å². The van der Waals surface area contributed by atoms with Crippen LogP contribution in [0.3, 0.4) is 0 Å². The zero-order valence-electron chi connectivity index (χ0n) is 9.80. The predicted molar refractivity (Wildman–Crippen MR) is 58.7 cm³/mol. The van der Waals surface area contributed by atoms with Crippen LogP contribution >= 0.6 is 0 Å². The predicted octanol–water partition coefficient (Wildman–Crippen LogP) is -0.500. The molecule has 0 aromatic rings. The Balaban J connectivity index is 3.16. The Kier molecular flexibility index (Phi) is 7.29. The molecule has 15 heavy (non-hydrogen) atoms. The maximum absolute atomic E-state index is 10.6. The first-order chi connectivity index (χ1) is 6.95. The van der Waals surface area contributed by atoms with Crippen LogP contribution in [-0.2, 0) is 9.53 Å². The van der Waals surface area contributed by atoms with Crippen molar-refractivity contribution >= 4 is 5.91 Å². The Labute approximate surface area is 91.2 Å². The summed E-state index contributed by atoms with van der Waals surface area (Å²) in [5.41, 5.74) is 0.106. The van der Waals surface area contributed by atoms with Gasteiger partial charge in [0.05, 0.1) is 13.2 Å². The average Bonchev–Trinajstić information content (AvgIpc) is 2.14. The first kappa shape index (κ1) is 14.3. The second kappa shape index (κ2) is 7.62. The highest BCUT2D eigenvalue weighted by atomic mass is 16.5. The molecule has 0 aromatic heterocycles. The number of rotatable bonds is 7. The van der Waals surface area contributed by atoms with Gasteiger partial charge in [-0.3, -0.25) is 4.79 Å². The Morgan fingerprint density at radius 1 is 1.27 bits per heavy atom. The number of carbonyl (C=O) groups excluding carboxylic acids is 1. The van der Waals surface area contributed by atoms with Crippen molar-refractivity contribution < 1.29 is 14.6 Å². The zero-order valence-corrected chi connectivity index (χ0v) is 9.80. The van der Waals surface area contributed by atoms with E-state index in [1.54, 1.807) is 0 Å². The van der Waals surface area contributed by atoms with Crippen molar-refractivity contribution in [3.8, 4) is 0 Å². The summed E-state index contributed by atoms with van der Waals surface area (Å²) in [6.45, 7) is 8.12. The minimum absolute atomic E-state index is 0.106. The molecule has 5 heteroatoms. The average molecular weight is 218 g/mol. The van der Waals surface area contributed by atoms with E-state index in [4.69, 9.17) is 9.84 Å². The first-order valence-electron chi connectivity index (χ1n) is 5.16. The van der Waals surface area contributed by atoms with Gasteiger partial charge in [0.15, 0.2) is 0 Å². The van der Waals surface area contributed by atoms with Crippen LogP contribution in [0, 0.1) is 0 Å². The van der Waals surface area contributed by atoms with Gasteiger partial charge < -0.3 is 20.5 Å². The SMILES string of the molecule is CC(C)(C)NCCOCCNC(=O)CO. The molecule has 0 spiro atoms. The standard InChI is InChI=1S/C10H22N2O3/c1-10(2,3)12-5-7-15-6-4-11-9(14)8-13/h12-13H,4-8H2,1-3H3,(H,11,14). The van der Waals surface area contributed by atoms with Crippen LogP contribution in [-0.4, -0.2) is 49.5 Å². The second-order valence-electron chi connectivity index (χ2n) is 4.30. The topological polar surface area (TPSA) is 70.6 Å². The minimum Gasteiger partial charge on any atom is -0.387 e. The monoisotopic (exact) mass is 218 g/mol. The highest BCUT2D eigenvalue weighted by Gasteiger charge is 2.06. The third-order valence-corrected chi connectivity index (χ3v) is 1.61. The molecule has 0 saturated carbocycles. The smallest absolute Gasteiger partial charge is 0.245 e. The van der Waals surface area contributed by atoms with Crippen molar-refractivity contribution in [3.63, 3.8) is 0 Å². The summed E-state index contributed by atoms with van der Waals surface area (Å²) in [5, 5.41) is 14.2. The van der Waals surface area contributed by atoms with E-state index in [0.29, 0.717) is 19.8 Å². The third-order valence-electron chi connectivity index (χ3n) is 1.61. The van der Waals surface area contributed by atoms with Gasteiger partial charge in [0.1, 0.15) is 6.61 Å². The number of ether oxygens (including phenoxy) is 1. The van der Waals surface area contributed by atoms with Crippen molar-refractivity contribution in [2.24, 2.45) is 0 Å². The van der Waals surface area contributed by atoms with E-state index >= 15 is 0 Å². The number of carbonyl (C=O) groups is 1. The fraction of sp³-hybridized carbons (Fsp3) is 0.900. The molecule has 0 unspecified atom stereocenters. The van der Waals surface area contributed by atoms with Crippen LogP contribution < -0.4 is 10.6 Å². The molecule has 90 valence electrons. The quantitative estimate of drug-likeness (QED) is 0.504. The van der Waals surface area contributed by atoms with E-state index in [1.165, 1.54) is 0 Å². The molecule has 0 aromatic carbocycles. The molecule has 0 aliphatic heterocycles. The molecule has 5 nitrogen and oxygen atoms in total. The van der Waals surface area contributed by atoms with Crippen molar-refractivity contribution in [1.82, 2.24) is 10.6 Å². The number of nitrogens with one attached hydrogen (secondary N) is 2. The lowest BCUT2D eigenvalue weighted by atomic mass is 10.1. The Hall–Kier alpha value is -0.650. The van der Waals surface area contributed by atoms with Gasteiger partial charge >= 0.3 is 0 Å². The number of aliphatic hydroxyl groups excluding tert-OH is 1. The number of aliphatic hydroxyl groups is 1. The summed E-state index contributed by atoms with van der Waals surface area (Å²) in [7, 11) is 0. The fourth-order valence-corrected chi connectivity index (χ4v) is 0.919. The highest BCUT2D eigenvalue weighted by Crippen LogP contribution is 1.96. The van der Waals surface area contributed by atoms with Gasteiger partial charge in [-0.2, -0.15) is 0 Å². The molecule has 0 aliphatic carbocycles. The fourth-order valence-electron chi connectivity index (χ4n) is 0.919. The number of hydrogen-bond donors (Lipinski definition) is 3. The van der Waals surface area contributed by atoms with Crippen LogP contribution in [0.1, 0.15) is 20.8 Å². The molecule has 0 rings (SSSR count). The summed E-state index contributed by atoms with van der Waals surface area (Å²) in [6, 6.07) is 0. The van der Waals surface area contributed by atoms with Crippen LogP contribution in [0.2, 0.25) is 0 Å². The zero-order chi connectivity index (χ0) is 11.7. The van der Waals surface area contributed by atoms with Gasteiger partial charge in [0.25, 0.3) is 0 Å². The molecule has 3 N–H and O–H groups in total. The van der Waals surface area contributed by atoms with Gasteiger partial charge in [0, 0.05) is 18.6 Å². The van der Waals surface area contributed by atoms with Crippen LogP contribution in [0.5, 0.6) is 0 Å². The molecule has 0 aliphatic rings. The summed E-state index contributed by atoms with van der Waals surface area (Å²) < 4.78 is 5.27. The van der Waals surface area contributed by atoms with Crippen molar-refractivity contribution in [3.05, 3.63) is 0 Å². The highest BCUT2D eigenvalue weighted by molar-refractivity contribution is 5.76. The summed E-state index contributed by atoms with van der Waals surface area (Å²) in [5.74, 6) is -0.369. The normalized spacial score (nSPS) is 11.5. The summed E-state index contributed by atoms with van der Waals surface area (Å²) >= 11 is 0. The van der Waals surface area contributed by atoms with Crippen molar-refractivity contribution in [1.29, 1.82) is 0 Å². The Bertz CT molecular complexity index is 178. The molecule has 0 atom stereocenters. The number of hydrogen-bond acceptors (Lipinski definition) is 4. The molecule has 0 heterocycles.